The van der Waals surface area contributed by atoms with Crippen LogP contribution in [-0.4, -0.2) is 62.0 Å². The zero-order valence-corrected chi connectivity index (χ0v) is 24.0. The van der Waals surface area contributed by atoms with E-state index in [1.807, 2.05) is 21.1 Å². The van der Waals surface area contributed by atoms with Crippen molar-refractivity contribution in [2.45, 2.75) is 122 Å². The first-order chi connectivity index (χ1) is 16.2. The molecule has 0 heterocycles. The summed E-state index contributed by atoms with van der Waals surface area (Å²) in [6.07, 6.45) is 23.6. The second-order valence-corrected chi connectivity index (χ2v) is 12.6. The van der Waals surface area contributed by atoms with Crippen molar-refractivity contribution in [3.63, 3.8) is 0 Å². The van der Waals surface area contributed by atoms with E-state index in [2.05, 4.69) is 6.92 Å². The average Bonchev–Trinajstić information content (AvgIpc) is 2.76. The molecule has 0 aliphatic rings. The first-order valence-corrected chi connectivity index (χ1v) is 15.7. The van der Waals surface area contributed by atoms with E-state index in [-0.39, 0.29) is 25.7 Å². The fourth-order valence-electron chi connectivity index (χ4n) is 4.05. The lowest BCUT2D eigenvalue weighted by Crippen LogP contribution is -2.37. The molecule has 0 rings (SSSR count). The van der Waals surface area contributed by atoms with Crippen LogP contribution in [0.25, 0.3) is 0 Å². The van der Waals surface area contributed by atoms with Crippen LogP contribution < -0.4 is 0 Å². The molecular formula is C27H59NO5P+. The first kappa shape index (κ1) is 34.0. The molecule has 206 valence electrons. The Morgan fingerprint density at radius 3 is 1.50 bits per heavy atom. The van der Waals surface area contributed by atoms with E-state index in [4.69, 9.17) is 9.05 Å². The topological polar surface area (TPSA) is 76.0 Å². The third kappa shape index (κ3) is 25.1. The van der Waals surface area contributed by atoms with E-state index in [0.717, 1.165) is 19.3 Å². The Kier molecular flexibility index (Phi) is 22.3. The van der Waals surface area contributed by atoms with E-state index >= 15 is 0 Å². The van der Waals surface area contributed by atoms with Gasteiger partial charge in [-0.1, -0.05) is 116 Å². The minimum atomic E-state index is -4.04. The Morgan fingerprint density at radius 2 is 1.12 bits per heavy atom. The normalized spacial score (nSPS) is 14.9. The van der Waals surface area contributed by atoms with Gasteiger partial charge in [-0.3, -0.25) is 9.05 Å². The molecule has 34 heavy (non-hydrogen) atoms. The van der Waals surface area contributed by atoms with E-state index in [0.29, 0.717) is 11.0 Å². The molecule has 0 radical (unpaired) electrons. The molecule has 0 saturated carbocycles. The number of quaternary nitrogens is 1. The highest BCUT2D eigenvalue weighted by Crippen LogP contribution is 2.43. The third-order valence-electron chi connectivity index (χ3n) is 6.46. The number of hydrogen-bond acceptors (Lipinski definition) is 4. The predicted octanol–water partition coefficient (Wildman–Crippen LogP) is 7.48. The molecule has 0 aliphatic carbocycles. The number of rotatable bonds is 26. The molecule has 2 N–H and O–H groups in total. The lowest BCUT2D eigenvalue weighted by molar-refractivity contribution is -0.870. The van der Waals surface area contributed by atoms with Gasteiger partial charge in [-0.2, -0.15) is 0 Å². The summed E-state index contributed by atoms with van der Waals surface area (Å²) in [6.45, 7) is 3.10. The SMILES string of the molecule is CCCCCCCCCCCCCCCCCCCC(CO)COP(=O)(O)OCC[N+](C)(C)C. The number of unbranched alkanes of at least 4 members (excludes halogenated alkanes) is 16. The van der Waals surface area contributed by atoms with E-state index in [9.17, 15) is 14.6 Å². The quantitative estimate of drug-likeness (QED) is 0.0720. The van der Waals surface area contributed by atoms with Crippen molar-refractivity contribution >= 4 is 7.82 Å². The summed E-state index contributed by atoms with van der Waals surface area (Å²) in [5, 5.41) is 9.55. The van der Waals surface area contributed by atoms with Crippen molar-refractivity contribution in [3.05, 3.63) is 0 Å². The fraction of sp³-hybridized carbons (Fsp3) is 1.00. The summed E-state index contributed by atoms with van der Waals surface area (Å²) >= 11 is 0. The van der Waals surface area contributed by atoms with Crippen molar-refractivity contribution < 1.29 is 28.1 Å². The van der Waals surface area contributed by atoms with Gasteiger partial charge in [0.15, 0.2) is 0 Å². The minimum absolute atomic E-state index is 0.0300. The summed E-state index contributed by atoms with van der Waals surface area (Å²) in [7, 11) is 1.94. The Balaban J connectivity index is 3.51. The fourth-order valence-corrected chi connectivity index (χ4v) is 4.84. The van der Waals surface area contributed by atoms with Crippen LogP contribution in [0, 0.1) is 5.92 Å². The Labute approximate surface area is 212 Å². The molecule has 6 nitrogen and oxygen atoms in total. The number of nitrogens with zero attached hydrogens (tertiary/aromatic N) is 1. The van der Waals surface area contributed by atoms with Gasteiger partial charge in [0, 0.05) is 12.5 Å². The van der Waals surface area contributed by atoms with Gasteiger partial charge >= 0.3 is 7.82 Å². The van der Waals surface area contributed by atoms with Crippen molar-refractivity contribution in [1.29, 1.82) is 0 Å². The number of aliphatic hydroxyl groups excluding tert-OH is 1. The smallest absolute Gasteiger partial charge is 0.396 e. The Bertz CT molecular complexity index is 484. The second kappa shape index (κ2) is 22.2. The first-order valence-electron chi connectivity index (χ1n) is 14.2. The van der Waals surface area contributed by atoms with Gasteiger partial charge in [-0.05, 0) is 6.42 Å². The average molecular weight is 509 g/mol. The lowest BCUT2D eigenvalue weighted by atomic mass is 10.0. The van der Waals surface area contributed by atoms with Gasteiger partial charge in [0.1, 0.15) is 13.2 Å². The van der Waals surface area contributed by atoms with Gasteiger partial charge < -0.3 is 14.5 Å². The van der Waals surface area contributed by atoms with Gasteiger partial charge in [0.25, 0.3) is 0 Å². The maximum atomic E-state index is 12.0. The number of aliphatic hydroxyl groups is 1. The van der Waals surface area contributed by atoms with Crippen LogP contribution in [0.1, 0.15) is 122 Å². The molecule has 0 spiro atoms. The summed E-state index contributed by atoms with van der Waals surface area (Å²) in [5.74, 6) is -0.112. The highest BCUT2D eigenvalue weighted by Gasteiger charge is 2.24. The maximum Gasteiger partial charge on any atom is 0.472 e. The zero-order valence-electron chi connectivity index (χ0n) is 23.1. The van der Waals surface area contributed by atoms with Crippen LogP contribution in [0.5, 0.6) is 0 Å². The van der Waals surface area contributed by atoms with Crippen LogP contribution in [0.4, 0.5) is 0 Å². The third-order valence-corrected chi connectivity index (χ3v) is 7.45. The van der Waals surface area contributed by atoms with Crippen LogP contribution in [0.2, 0.25) is 0 Å². The van der Waals surface area contributed by atoms with Gasteiger partial charge in [0.05, 0.1) is 27.7 Å². The molecule has 0 bridgehead atoms. The Morgan fingerprint density at radius 1 is 0.706 bits per heavy atom. The van der Waals surface area contributed by atoms with Crippen LogP contribution >= 0.6 is 7.82 Å². The molecule has 0 aromatic rings. The van der Waals surface area contributed by atoms with Crippen molar-refractivity contribution in [2.24, 2.45) is 5.92 Å². The molecule has 0 aliphatic heterocycles. The van der Waals surface area contributed by atoms with Crippen LogP contribution in [0.3, 0.4) is 0 Å². The minimum Gasteiger partial charge on any atom is -0.396 e. The summed E-state index contributed by atoms with van der Waals surface area (Å²) in [5.41, 5.74) is 0. The van der Waals surface area contributed by atoms with Crippen LogP contribution in [-0.2, 0) is 13.6 Å². The molecule has 2 atom stereocenters. The molecule has 0 fully saturated rings. The Hall–Kier alpha value is 0.0300. The highest BCUT2D eigenvalue weighted by molar-refractivity contribution is 7.47. The molecule has 0 amide bonds. The maximum absolute atomic E-state index is 12.0. The highest BCUT2D eigenvalue weighted by atomic mass is 31.2. The predicted molar refractivity (Wildman–Crippen MR) is 144 cm³/mol. The van der Waals surface area contributed by atoms with E-state index in [1.54, 1.807) is 0 Å². The molecular weight excluding hydrogens is 449 g/mol. The number of phosphoric ester groups is 1. The molecule has 0 saturated heterocycles. The van der Waals surface area contributed by atoms with Crippen molar-refractivity contribution in [1.82, 2.24) is 0 Å². The largest absolute Gasteiger partial charge is 0.472 e. The number of phosphoric acid groups is 1. The number of likely N-dealkylation sites (N-methyl/N-ethyl adjacent to an activating group) is 1. The lowest BCUT2D eigenvalue weighted by Gasteiger charge is -2.24. The zero-order chi connectivity index (χ0) is 25.5. The molecule has 2 unspecified atom stereocenters. The summed E-state index contributed by atoms with van der Waals surface area (Å²) in [4.78, 5) is 9.80. The van der Waals surface area contributed by atoms with Crippen LogP contribution in [0.15, 0.2) is 0 Å². The van der Waals surface area contributed by atoms with Crippen molar-refractivity contribution in [2.75, 3.05) is 47.5 Å². The van der Waals surface area contributed by atoms with Gasteiger partial charge in [-0.25, -0.2) is 4.57 Å². The molecule has 7 heteroatoms. The monoisotopic (exact) mass is 508 g/mol. The van der Waals surface area contributed by atoms with Gasteiger partial charge in [0.2, 0.25) is 0 Å². The van der Waals surface area contributed by atoms with E-state index < -0.39 is 7.82 Å². The second-order valence-electron chi connectivity index (χ2n) is 11.1. The summed E-state index contributed by atoms with van der Waals surface area (Å²) < 4.78 is 22.8. The standard InChI is InChI=1S/C27H58NO5P/c1-5-6-7-8-9-10-11-12-13-14-15-16-17-18-19-20-21-22-27(25-29)26-33-34(30,31)32-24-23-28(2,3)4/h27,29H,5-26H2,1-4H3/p+1. The summed E-state index contributed by atoms with van der Waals surface area (Å²) in [6, 6.07) is 0. The van der Waals surface area contributed by atoms with E-state index in [1.165, 1.54) is 96.3 Å². The number of hydrogen-bond donors (Lipinski definition) is 2. The molecule has 0 aromatic carbocycles. The van der Waals surface area contributed by atoms with Gasteiger partial charge in [-0.15, -0.1) is 0 Å². The molecule has 0 aromatic heterocycles. The van der Waals surface area contributed by atoms with Crippen molar-refractivity contribution in [3.8, 4) is 0 Å².